The molecule has 0 fully saturated rings. The SMILES string of the molecule is COC(=O)/C=C(/C=C/[C@H](CC(C)(C)C(C)(C)C)CC(C)(C)[Si](C)(C)O)C(=O)OC. The van der Waals surface area contributed by atoms with E-state index in [1.807, 2.05) is 19.2 Å². The minimum atomic E-state index is -2.40. The van der Waals surface area contributed by atoms with Gasteiger partial charge >= 0.3 is 11.9 Å². The Kier molecular flexibility index (Phi) is 9.58. The summed E-state index contributed by atoms with van der Waals surface area (Å²) >= 11 is 0. The number of methoxy groups -OCH3 is 2. The Morgan fingerprint density at radius 2 is 1.48 bits per heavy atom. The second kappa shape index (κ2) is 10.1. The summed E-state index contributed by atoms with van der Waals surface area (Å²) in [7, 11) is 0.149. The lowest BCUT2D eigenvalue weighted by Gasteiger charge is -2.43. The summed E-state index contributed by atoms with van der Waals surface area (Å²) in [5, 5.41) is -0.215. The normalized spacial score (nSPS) is 15.4. The highest BCUT2D eigenvalue weighted by atomic mass is 28.4. The van der Waals surface area contributed by atoms with Crippen LogP contribution in [0.4, 0.5) is 0 Å². The van der Waals surface area contributed by atoms with Crippen molar-refractivity contribution < 1.29 is 23.9 Å². The second-order valence-electron chi connectivity index (χ2n) is 10.7. The van der Waals surface area contributed by atoms with Gasteiger partial charge in [-0.25, -0.2) is 9.59 Å². The smallest absolute Gasteiger partial charge is 0.338 e. The third-order valence-electron chi connectivity index (χ3n) is 6.68. The van der Waals surface area contributed by atoms with Gasteiger partial charge in [0.2, 0.25) is 0 Å². The average molecular weight is 427 g/mol. The molecule has 0 unspecified atom stereocenters. The largest absolute Gasteiger partial charge is 0.466 e. The fourth-order valence-corrected chi connectivity index (χ4v) is 3.56. The lowest BCUT2D eigenvalue weighted by atomic mass is 9.64. The standard InChI is InChI=1S/C23H42O5Si/c1-21(2,3)22(4,5)15-17(16-23(6,7)29(10,11)26)12-13-18(20(25)28-9)14-19(24)27-8/h12-14,17,26H,15-16H2,1-11H3/b13-12+,18-14-/t17-/m1/s1. The maximum atomic E-state index is 12.1. The molecule has 29 heavy (non-hydrogen) atoms. The summed E-state index contributed by atoms with van der Waals surface area (Å²) < 4.78 is 9.45. The third kappa shape index (κ3) is 8.47. The lowest BCUT2D eigenvalue weighted by Crippen LogP contribution is -2.41. The highest BCUT2D eigenvalue weighted by Crippen LogP contribution is 2.48. The molecule has 0 aliphatic rings. The number of hydrogen-bond donors (Lipinski definition) is 1. The average Bonchev–Trinajstić information content (AvgIpc) is 2.54. The Hall–Kier alpha value is -1.40. The minimum Gasteiger partial charge on any atom is -0.466 e. The Balaban J connectivity index is 6.03. The molecule has 0 saturated carbocycles. The molecule has 6 heteroatoms. The van der Waals surface area contributed by atoms with E-state index >= 15 is 0 Å². The van der Waals surface area contributed by atoms with Crippen molar-refractivity contribution >= 4 is 20.3 Å². The van der Waals surface area contributed by atoms with Crippen LogP contribution in [0.15, 0.2) is 23.8 Å². The van der Waals surface area contributed by atoms with Crippen LogP contribution in [0.3, 0.4) is 0 Å². The Bertz CT molecular complexity index is 603. The molecule has 0 spiro atoms. The zero-order valence-corrected chi connectivity index (χ0v) is 21.3. The van der Waals surface area contributed by atoms with E-state index in [0.29, 0.717) is 0 Å². The van der Waals surface area contributed by atoms with Crippen molar-refractivity contribution in [3.63, 3.8) is 0 Å². The molecule has 0 aromatic carbocycles. The topological polar surface area (TPSA) is 72.8 Å². The fraction of sp³-hybridized carbons (Fsp3) is 0.739. The molecule has 0 aromatic rings. The number of rotatable bonds is 9. The first kappa shape index (κ1) is 27.6. The molecule has 1 N–H and O–H groups in total. The van der Waals surface area contributed by atoms with Gasteiger partial charge in [-0.05, 0) is 47.7 Å². The molecule has 0 aliphatic heterocycles. The van der Waals surface area contributed by atoms with Crippen LogP contribution in [0.25, 0.3) is 0 Å². The molecule has 0 bridgehead atoms. The van der Waals surface area contributed by atoms with Crippen molar-refractivity contribution in [3.05, 3.63) is 23.8 Å². The van der Waals surface area contributed by atoms with Crippen LogP contribution in [0.2, 0.25) is 18.1 Å². The van der Waals surface area contributed by atoms with Gasteiger partial charge in [-0.3, -0.25) is 0 Å². The highest BCUT2D eigenvalue weighted by Gasteiger charge is 2.41. The van der Waals surface area contributed by atoms with Crippen LogP contribution < -0.4 is 0 Å². The number of hydrogen-bond acceptors (Lipinski definition) is 5. The van der Waals surface area contributed by atoms with Gasteiger partial charge in [-0.1, -0.05) is 60.6 Å². The molecule has 0 saturated heterocycles. The molecule has 0 rings (SSSR count). The Morgan fingerprint density at radius 3 is 1.86 bits per heavy atom. The van der Waals surface area contributed by atoms with E-state index in [1.165, 1.54) is 14.2 Å². The Labute approximate surface area is 178 Å². The van der Waals surface area contributed by atoms with Gasteiger partial charge in [0, 0.05) is 6.08 Å². The van der Waals surface area contributed by atoms with E-state index in [-0.39, 0.29) is 27.4 Å². The lowest BCUT2D eigenvalue weighted by molar-refractivity contribution is -0.138. The van der Waals surface area contributed by atoms with Crippen molar-refractivity contribution in [2.45, 2.75) is 79.4 Å². The molecule has 0 aliphatic carbocycles. The van der Waals surface area contributed by atoms with E-state index in [2.05, 4.69) is 53.2 Å². The van der Waals surface area contributed by atoms with Crippen LogP contribution >= 0.6 is 0 Å². The van der Waals surface area contributed by atoms with Gasteiger partial charge in [0.15, 0.2) is 8.32 Å². The number of esters is 2. The van der Waals surface area contributed by atoms with Crippen LogP contribution in [-0.2, 0) is 19.1 Å². The number of carbonyl (C=O) groups excluding carboxylic acids is 2. The predicted octanol–water partition coefficient (Wildman–Crippen LogP) is 5.26. The minimum absolute atomic E-state index is 0.0245. The number of ether oxygens (including phenoxy) is 2. The maximum Gasteiger partial charge on any atom is 0.338 e. The van der Waals surface area contributed by atoms with Gasteiger partial charge in [-0.2, -0.15) is 0 Å². The van der Waals surface area contributed by atoms with Crippen molar-refractivity contribution in [3.8, 4) is 0 Å². The fourth-order valence-electron chi connectivity index (χ4n) is 2.79. The first-order valence-electron chi connectivity index (χ1n) is 10.2. The van der Waals surface area contributed by atoms with E-state index in [4.69, 9.17) is 4.74 Å². The zero-order valence-electron chi connectivity index (χ0n) is 20.3. The maximum absolute atomic E-state index is 12.1. The molecular weight excluding hydrogens is 384 g/mol. The second-order valence-corrected chi connectivity index (χ2v) is 15.2. The molecule has 168 valence electrons. The molecule has 0 radical (unpaired) electrons. The number of carbonyl (C=O) groups is 2. The van der Waals surface area contributed by atoms with Crippen molar-refractivity contribution in [2.75, 3.05) is 14.2 Å². The summed E-state index contributed by atoms with van der Waals surface area (Å²) in [5.74, 6) is -1.08. The van der Waals surface area contributed by atoms with Crippen molar-refractivity contribution in [1.29, 1.82) is 0 Å². The van der Waals surface area contributed by atoms with Gasteiger partial charge in [0.25, 0.3) is 0 Å². The first-order chi connectivity index (χ1) is 12.9. The van der Waals surface area contributed by atoms with Gasteiger partial charge in [-0.15, -0.1) is 0 Å². The van der Waals surface area contributed by atoms with E-state index < -0.39 is 20.3 Å². The number of allylic oxidation sites excluding steroid dienone is 1. The summed E-state index contributed by atoms with van der Waals surface area (Å²) in [6, 6.07) is 0. The van der Waals surface area contributed by atoms with E-state index in [0.717, 1.165) is 18.9 Å². The Morgan fingerprint density at radius 1 is 0.966 bits per heavy atom. The van der Waals surface area contributed by atoms with Gasteiger partial charge < -0.3 is 14.3 Å². The van der Waals surface area contributed by atoms with Crippen LogP contribution in [-0.4, -0.2) is 39.3 Å². The summed E-state index contributed by atoms with van der Waals surface area (Å²) in [6.07, 6.45) is 6.43. The molecule has 0 aromatic heterocycles. The van der Waals surface area contributed by atoms with E-state index in [9.17, 15) is 14.4 Å². The monoisotopic (exact) mass is 426 g/mol. The van der Waals surface area contributed by atoms with Crippen LogP contribution in [0.1, 0.15) is 61.3 Å². The van der Waals surface area contributed by atoms with Gasteiger partial charge in [0.1, 0.15) is 0 Å². The van der Waals surface area contributed by atoms with Gasteiger partial charge in [0.05, 0.1) is 19.8 Å². The molecule has 1 atom stereocenters. The third-order valence-corrected chi connectivity index (χ3v) is 10.2. The summed E-state index contributed by atoms with van der Waals surface area (Å²) in [6.45, 7) is 19.3. The molecule has 5 nitrogen and oxygen atoms in total. The highest BCUT2D eigenvalue weighted by molar-refractivity contribution is 6.72. The van der Waals surface area contributed by atoms with E-state index in [1.54, 1.807) is 6.08 Å². The quantitative estimate of drug-likeness (QED) is 0.236. The molecular formula is C23H42O5Si. The summed E-state index contributed by atoms with van der Waals surface area (Å²) in [4.78, 5) is 34.5. The predicted molar refractivity (Wildman–Crippen MR) is 121 cm³/mol. The molecule has 0 heterocycles. The van der Waals surface area contributed by atoms with Crippen LogP contribution in [0.5, 0.6) is 0 Å². The molecule has 0 amide bonds. The first-order valence-corrected chi connectivity index (χ1v) is 13.1. The summed E-state index contributed by atoms with van der Waals surface area (Å²) in [5.41, 5.74) is 0.260. The van der Waals surface area contributed by atoms with Crippen molar-refractivity contribution in [2.24, 2.45) is 16.7 Å². The van der Waals surface area contributed by atoms with Crippen molar-refractivity contribution in [1.82, 2.24) is 0 Å². The van der Waals surface area contributed by atoms with Crippen LogP contribution in [0, 0.1) is 16.7 Å². The zero-order chi connectivity index (χ0) is 23.3.